The van der Waals surface area contributed by atoms with Crippen LogP contribution in [-0.2, 0) is 0 Å². The summed E-state index contributed by atoms with van der Waals surface area (Å²) < 4.78 is 18.7. The van der Waals surface area contributed by atoms with Gasteiger partial charge in [-0.25, -0.2) is 14.2 Å². The fourth-order valence-electron chi connectivity index (χ4n) is 1.74. The molecular weight excluding hydrogens is 275 g/mol. The number of hydrogen-bond acceptors (Lipinski definition) is 4. The minimum absolute atomic E-state index is 0.0877. The van der Waals surface area contributed by atoms with E-state index in [1.54, 1.807) is 13.0 Å². The van der Waals surface area contributed by atoms with Gasteiger partial charge in [0.05, 0.1) is 0 Å². The molecule has 0 saturated heterocycles. The lowest BCUT2D eigenvalue weighted by atomic mass is 10.2. The zero-order valence-electron chi connectivity index (χ0n) is 11.9. The fourth-order valence-corrected chi connectivity index (χ4v) is 1.74. The topological polar surface area (TPSA) is 72.3 Å². The van der Waals surface area contributed by atoms with Gasteiger partial charge in [-0.15, -0.1) is 0 Å². The summed E-state index contributed by atoms with van der Waals surface area (Å²) in [6, 6.07) is 4.82. The van der Waals surface area contributed by atoms with Gasteiger partial charge in [0.25, 0.3) is 0 Å². The summed E-state index contributed by atoms with van der Waals surface area (Å²) in [5, 5.41) is 9.10. The summed E-state index contributed by atoms with van der Waals surface area (Å²) in [5.74, 6) is -0.990. The second kappa shape index (κ2) is 5.87. The van der Waals surface area contributed by atoms with Gasteiger partial charge in [0.1, 0.15) is 23.0 Å². The van der Waals surface area contributed by atoms with E-state index in [9.17, 15) is 9.18 Å². The monoisotopic (exact) mass is 290 g/mol. The molecule has 2 rings (SSSR count). The van der Waals surface area contributed by atoms with Crippen molar-refractivity contribution in [2.75, 3.05) is 0 Å². The quantitative estimate of drug-likeness (QED) is 0.932. The van der Waals surface area contributed by atoms with Crippen LogP contribution in [0.4, 0.5) is 4.39 Å². The standard InChI is InChI=1S/C15H15FN2O3/c1-8(2)14-17-9(3)6-13(18-14)21-12-7-10(16)4-5-11(12)15(19)20/h4-8H,1-3H3,(H,19,20). The highest BCUT2D eigenvalue weighted by atomic mass is 19.1. The first kappa shape index (κ1) is 14.9. The van der Waals surface area contributed by atoms with Crippen molar-refractivity contribution in [2.24, 2.45) is 0 Å². The van der Waals surface area contributed by atoms with Gasteiger partial charge in [0, 0.05) is 23.7 Å². The van der Waals surface area contributed by atoms with E-state index in [1.165, 1.54) is 0 Å². The Morgan fingerprint density at radius 2 is 2.00 bits per heavy atom. The van der Waals surface area contributed by atoms with Crippen LogP contribution in [0.2, 0.25) is 0 Å². The van der Waals surface area contributed by atoms with Crippen molar-refractivity contribution in [1.29, 1.82) is 0 Å². The molecule has 1 N–H and O–H groups in total. The number of nitrogens with zero attached hydrogens (tertiary/aromatic N) is 2. The molecule has 21 heavy (non-hydrogen) atoms. The molecule has 5 nitrogen and oxygen atoms in total. The lowest BCUT2D eigenvalue weighted by molar-refractivity contribution is 0.0694. The molecule has 0 unspecified atom stereocenters. The molecular formula is C15H15FN2O3. The van der Waals surface area contributed by atoms with Gasteiger partial charge in [0.2, 0.25) is 5.88 Å². The minimum Gasteiger partial charge on any atom is -0.478 e. The maximum Gasteiger partial charge on any atom is 0.339 e. The van der Waals surface area contributed by atoms with E-state index in [-0.39, 0.29) is 23.1 Å². The number of aromatic carboxylic acids is 1. The van der Waals surface area contributed by atoms with Gasteiger partial charge >= 0.3 is 5.97 Å². The van der Waals surface area contributed by atoms with Crippen LogP contribution in [0.3, 0.4) is 0 Å². The Bertz CT molecular complexity index is 687. The van der Waals surface area contributed by atoms with Crippen molar-refractivity contribution in [1.82, 2.24) is 9.97 Å². The molecule has 110 valence electrons. The third-order valence-electron chi connectivity index (χ3n) is 2.75. The number of halogens is 1. The summed E-state index contributed by atoms with van der Waals surface area (Å²) in [6.07, 6.45) is 0. The number of benzene rings is 1. The van der Waals surface area contributed by atoms with Crippen LogP contribution in [-0.4, -0.2) is 21.0 Å². The Hall–Kier alpha value is -2.50. The fraction of sp³-hybridized carbons (Fsp3) is 0.267. The number of hydrogen-bond donors (Lipinski definition) is 1. The van der Waals surface area contributed by atoms with E-state index in [2.05, 4.69) is 9.97 Å². The van der Waals surface area contributed by atoms with Crippen molar-refractivity contribution in [3.05, 3.63) is 47.2 Å². The number of aromatic nitrogens is 2. The maximum absolute atomic E-state index is 13.3. The average molecular weight is 290 g/mol. The predicted molar refractivity (Wildman–Crippen MR) is 74.3 cm³/mol. The number of ether oxygens (including phenoxy) is 1. The second-order valence-corrected chi connectivity index (χ2v) is 4.91. The Labute approximate surface area is 121 Å². The zero-order chi connectivity index (χ0) is 15.6. The lowest BCUT2D eigenvalue weighted by Gasteiger charge is -2.11. The molecule has 0 bridgehead atoms. The highest BCUT2D eigenvalue weighted by molar-refractivity contribution is 5.90. The summed E-state index contributed by atoms with van der Waals surface area (Å²) in [5.41, 5.74) is 0.566. The molecule has 0 aliphatic rings. The van der Waals surface area contributed by atoms with Gasteiger partial charge in [-0.2, -0.15) is 4.98 Å². The van der Waals surface area contributed by atoms with E-state index in [0.29, 0.717) is 11.5 Å². The molecule has 6 heteroatoms. The number of carboxylic acids is 1. The first-order valence-electron chi connectivity index (χ1n) is 6.43. The molecule has 0 atom stereocenters. The molecule has 1 heterocycles. The van der Waals surface area contributed by atoms with Gasteiger partial charge in [-0.1, -0.05) is 13.8 Å². The van der Waals surface area contributed by atoms with Crippen LogP contribution in [0.15, 0.2) is 24.3 Å². The first-order valence-corrected chi connectivity index (χ1v) is 6.43. The first-order chi connectivity index (χ1) is 9.86. The molecule has 0 spiro atoms. The summed E-state index contributed by atoms with van der Waals surface area (Å²) in [4.78, 5) is 19.6. The van der Waals surface area contributed by atoms with Crippen molar-refractivity contribution in [3.63, 3.8) is 0 Å². The number of rotatable bonds is 4. The summed E-state index contributed by atoms with van der Waals surface area (Å²) in [6.45, 7) is 5.65. The second-order valence-electron chi connectivity index (χ2n) is 4.91. The molecule has 0 radical (unpaired) electrons. The van der Waals surface area contributed by atoms with Crippen LogP contribution < -0.4 is 4.74 Å². The number of carbonyl (C=O) groups is 1. The van der Waals surface area contributed by atoms with Crippen LogP contribution in [0.1, 0.15) is 41.6 Å². The summed E-state index contributed by atoms with van der Waals surface area (Å²) in [7, 11) is 0. The maximum atomic E-state index is 13.3. The Balaban J connectivity index is 2.42. The molecule has 0 saturated carbocycles. The summed E-state index contributed by atoms with van der Waals surface area (Å²) >= 11 is 0. The minimum atomic E-state index is -1.19. The molecule has 0 amide bonds. The average Bonchev–Trinajstić information content (AvgIpc) is 2.37. The van der Waals surface area contributed by atoms with Crippen molar-refractivity contribution in [2.45, 2.75) is 26.7 Å². The normalized spacial score (nSPS) is 10.7. The van der Waals surface area contributed by atoms with Crippen molar-refractivity contribution < 1.29 is 19.0 Å². The highest BCUT2D eigenvalue weighted by Gasteiger charge is 2.15. The van der Waals surface area contributed by atoms with Gasteiger partial charge in [-0.05, 0) is 19.1 Å². The van der Waals surface area contributed by atoms with E-state index in [1.807, 2.05) is 13.8 Å². The van der Waals surface area contributed by atoms with Gasteiger partial charge in [0.15, 0.2) is 0 Å². The predicted octanol–water partition coefficient (Wildman–Crippen LogP) is 3.54. The van der Waals surface area contributed by atoms with Gasteiger partial charge < -0.3 is 9.84 Å². The molecule has 2 aromatic rings. The Kier molecular flexibility index (Phi) is 4.16. The highest BCUT2D eigenvalue weighted by Crippen LogP contribution is 2.26. The van der Waals surface area contributed by atoms with E-state index >= 15 is 0 Å². The van der Waals surface area contributed by atoms with Crippen molar-refractivity contribution >= 4 is 5.97 Å². The van der Waals surface area contributed by atoms with E-state index in [0.717, 1.165) is 18.2 Å². The molecule has 0 fully saturated rings. The third-order valence-corrected chi connectivity index (χ3v) is 2.75. The Morgan fingerprint density at radius 1 is 1.29 bits per heavy atom. The van der Waals surface area contributed by atoms with Crippen LogP contribution in [0.5, 0.6) is 11.6 Å². The molecule has 1 aromatic heterocycles. The number of aryl methyl sites for hydroxylation is 1. The zero-order valence-corrected chi connectivity index (χ0v) is 11.9. The van der Waals surface area contributed by atoms with E-state index < -0.39 is 11.8 Å². The van der Waals surface area contributed by atoms with Crippen LogP contribution >= 0.6 is 0 Å². The van der Waals surface area contributed by atoms with Crippen LogP contribution in [0.25, 0.3) is 0 Å². The molecule has 0 aliphatic carbocycles. The van der Waals surface area contributed by atoms with E-state index in [4.69, 9.17) is 9.84 Å². The number of carboxylic acid groups (broad SMARTS) is 1. The molecule has 1 aromatic carbocycles. The van der Waals surface area contributed by atoms with Crippen LogP contribution in [0, 0.1) is 12.7 Å². The molecule has 0 aliphatic heterocycles. The smallest absolute Gasteiger partial charge is 0.339 e. The third kappa shape index (κ3) is 3.53. The van der Waals surface area contributed by atoms with Crippen molar-refractivity contribution in [3.8, 4) is 11.6 Å². The Morgan fingerprint density at radius 3 is 2.62 bits per heavy atom. The largest absolute Gasteiger partial charge is 0.478 e. The lowest BCUT2D eigenvalue weighted by Crippen LogP contribution is -2.04. The SMILES string of the molecule is Cc1cc(Oc2cc(F)ccc2C(=O)O)nc(C(C)C)n1. The van der Waals surface area contributed by atoms with Gasteiger partial charge in [-0.3, -0.25) is 0 Å².